The molecule has 0 aliphatic carbocycles. The van der Waals surface area contributed by atoms with Crippen LogP contribution in [0.1, 0.15) is 33.3 Å². The highest BCUT2D eigenvalue weighted by atomic mass is 16.5. The lowest BCUT2D eigenvalue weighted by atomic mass is 10.0. The topological polar surface area (TPSA) is 24.5 Å². The molecule has 3 rings (SSSR count). The predicted molar refractivity (Wildman–Crippen MR) is 133 cm³/mol. The summed E-state index contributed by atoms with van der Waals surface area (Å²) in [6, 6.07) is 25.5. The number of methoxy groups -OCH3 is 1. The molecule has 0 aliphatic rings. The number of hydrogen-bond acceptors (Lipinski definition) is 3. The number of nitrogens with zero attached hydrogens (tertiary/aromatic N) is 1. The van der Waals surface area contributed by atoms with E-state index < -0.39 is 0 Å². The van der Waals surface area contributed by atoms with E-state index in [1.807, 2.05) is 12.1 Å². The first kappa shape index (κ1) is 22.9. The van der Waals surface area contributed by atoms with E-state index in [0.29, 0.717) is 11.8 Å². The lowest BCUT2D eigenvalue weighted by Crippen LogP contribution is -2.30. The molecule has 3 heteroatoms. The van der Waals surface area contributed by atoms with Crippen LogP contribution in [0.15, 0.2) is 72.8 Å². The van der Waals surface area contributed by atoms with Crippen LogP contribution in [0, 0.1) is 11.8 Å². The molecule has 0 spiro atoms. The molecule has 31 heavy (non-hydrogen) atoms. The smallest absolute Gasteiger partial charge is 0.119 e. The van der Waals surface area contributed by atoms with E-state index in [-0.39, 0.29) is 0 Å². The number of rotatable bonds is 10. The summed E-state index contributed by atoms with van der Waals surface area (Å²) in [5.41, 5.74) is 5.89. The highest BCUT2D eigenvalue weighted by molar-refractivity contribution is 5.69. The van der Waals surface area contributed by atoms with Crippen LogP contribution in [0.25, 0.3) is 11.1 Å². The highest BCUT2D eigenvalue weighted by Gasteiger charge is 2.10. The Balaban J connectivity index is 1.68. The van der Waals surface area contributed by atoms with Gasteiger partial charge in [-0.1, -0.05) is 64.1 Å². The van der Waals surface area contributed by atoms with Gasteiger partial charge in [-0.15, -0.1) is 0 Å². The fourth-order valence-corrected chi connectivity index (χ4v) is 3.96. The number of anilines is 2. The molecule has 0 bridgehead atoms. The van der Waals surface area contributed by atoms with Gasteiger partial charge in [0, 0.05) is 31.0 Å². The Morgan fingerprint density at radius 1 is 0.742 bits per heavy atom. The van der Waals surface area contributed by atoms with Crippen molar-refractivity contribution < 1.29 is 4.74 Å². The van der Waals surface area contributed by atoms with Gasteiger partial charge in [-0.05, 0) is 64.9 Å². The van der Waals surface area contributed by atoms with Crippen molar-refractivity contribution in [3.63, 3.8) is 0 Å². The zero-order chi connectivity index (χ0) is 22.2. The molecular weight excluding hydrogens is 380 g/mol. The highest BCUT2D eigenvalue weighted by Crippen LogP contribution is 2.26. The maximum atomic E-state index is 5.34. The monoisotopic (exact) mass is 416 g/mol. The first-order valence-electron chi connectivity index (χ1n) is 11.3. The fourth-order valence-electron chi connectivity index (χ4n) is 3.96. The van der Waals surface area contributed by atoms with E-state index >= 15 is 0 Å². The molecule has 0 radical (unpaired) electrons. The molecule has 3 aromatic rings. The third kappa shape index (κ3) is 7.15. The van der Waals surface area contributed by atoms with Crippen molar-refractivity contribution in [2.24, 2.45) is 11.8 Å². The Morgan fingerprint density at radius 2 is 1.42 bits per heavy atom. The van der Waals surface area contributed by atoms with Gasteiger partial charge in [0.1, 0.15) is 5.75 Å². The molecule has 0 aromatic heterocycles. The quantitative estimate of drug-likeness (QED) is 0.377. The number of hydrogen-bond donors (Lipinski definition) is 1. The summed E-state index contributed by atoms with van der Waals surface area (Å²) in [7, 11) is 1.70. The van der Waals surface area contributed by atoms with Crippen LogP contribution in [0.2, 0.25) is 0 Å². The van der Waals surface area contributed by atoms with Gasteiger partial charge in [0.15, 0.2) is 0 Å². The zero-order valence-corrected chi connectivity index (χ0v) is 19.6. The minimum atomic E-state index is 0.670. The van der Waals surface area contributed by atoms with Crippen molar-refractivity contribution in [2.75, 3.05) is 25.5 Å². The fraction of sp³-hybridized carbons (Fsp3) is 0.357. The molecule has 0 aliphatic heterocycles. The molecule has 1 N–H and O–H groups in total. The van der Waals surface area contributed by atoms with E-state index in [0.717, 1.165) is 42.3 Å². The second-order valence-corrected chi connectivity index (χ2v) is 9.12. The predicted octanol–water partition coefficient (Wildman–Crippen LogP) is 7.22. The van der Waals surface area contributed by atoms with Gasteiger partial charge in [-0.2, -0.15) is 0 Å². The summed E-state index contributed by atoms with van der Waals surface area (Å²) < 4.78 is 5.34. The van der Waals surface area contributed by atoms with Crippen molar-refractivity contribution in [1.82, 2.24) is 4.90 Å². The molecule has 0 amide bonds. The van der Waals surface area contributed by atoms with Gasteiger partial charge in [0.05, 0.1) is 7.11 Å². The average molecular weight is 417 g/mol. The Labute approximate surface area is 188 Å². The lowest BCUT2D eigenvalue weighted by Gasteiger charge is -2.26. The van der Waals surface area contributed by atoms with Gasteiger partial charge in [0.25, 0.3) is 0 Å². The second-order valence-electron chi connectivity index (χ2n) is 9.12. The zero-order valence-electron chi connectivity index (χ0n) is 19.6. The molecular formula is C28H36N2O. The van der Waals surface area contributed by atoms with E-state index in [4.69, 9.17) is 4.74 Å². The third-order valence-corrected chi connectivity index (χ3v) is 5.16. The van der Waals surface area contributed by atoms with Crippen LogP contribution in [0.3, 0.4) is 0 Å². The van der Waals surface area contributed by atoms with Crippen molar-refractivity contribution in [1.29, 1.82) is 0 Å². The van der Waals surface area contributed by atoms with Gasteiger partial charge in [0.2, 0.25) is 0 Å². The molecule has 0 atom stereocenters. The van der Waals surface area contributed by atoms with E-state index in [2.05, 4.69) is 98.6 Å². The van der Waals surface area contributed by atoms with Crippen LogP contribution < -0.4 is 10.1 Å². The number of benzene rings is 3. The second kappa shape index (κ2) is 11.0. The molecule has 3 aromatic carbocycles. The van der Waals surface area contributed by atoms with Gasteiger partial charge < -0.3 is 10.1 Å². The molecule has 0 fully saturated rings. The molecule has 0 unspecified atom stereocenters. The van der Waals surface area contributed by atoms with E-state index in [1.54, 1.807) is 7.11 Å². The minimum absolute atomic E-state index is 0.670. The van der Waals surface area contributed by atoms with Crippen LogP contribution in [0.5, 0.6) is 5.75 Å². The van der Waals surface area contributed by atoms with Crippen LogP contribution in [0.4, 0.5) is 11.4 Å². The van der Waals surface area contributed by atoms with Gasteiger partial charge in [-0.3, -0.25) is 4.90 Å². The summed E-state index contributed by atoms with van der Waals surface area (Å²) >= 11 is 0. The van der Waals surface area contributed by atoms with Crippen LogP contribution in [-0.2, 0) is 6.54 Å². The Kier molecular flexibility index (Phi) is 8.13. The molecule has 0 saturated heterocycles. The summed E-state index contributed by atoms with van der Waals surface area (Å²) in [5, 5.41) is 3.56. The van der Waals surface area contributed by atoms with Crippen molar-refractivity contribution >= 4 is 11.4 Å². The minimum Gasteiger partial charge on any atom is -0.497 e. The first-order chi connectivity index (χ1) is 14.9. The van der Waals surface area contributed by atoms with Gasteiger partial charge in [-0.25, -0.2) is 0 Å². The van der Waals surface area contributed by atoms with Crippen LogP contribution in [-0.4, -0.2) is 25.1 Å². The van der Waals surface area contributed by atoms with E-state index in [9.17, 15) is 0 Å². The Bertz CT molecular complexity index is 937. The normalized spacial score (nSPS) is 11.4. The average Bonchev–Trinajstić information content (AvgIpc) is 2.73. The van der Waals surface area contributed by atoms with Crippen molar-refractivity contribution in [3.05, 3.63) is 78.4 Å². The summed E-state index contributed by atoms with van der Waals surface area (Å²) in [6.45, 7) is 12.4. The molecule has 0 heterocycles. The Morgan fingerprint density at radius 3 is 2.06 bits per heavy atom. The van der Waals surface area contributed by atoms with Gasteiger partial charge >= 0.3 is 0 Å². The van der Waals surface area contributed by atoms with Crippen molar-refractivity contribution in [3.8, 4) is 16.9 Å². The lowest BCUT2D eigenvalue weighted by molar-refractivity contribution is 0.211. The standard InChI is InChI=1S/C28H36N2O/c1-21(2)18-30(19-22(3)4)20-23-8-6-10-27(16-23)29-26-14-12-24(13-15-26)25-9-7-11-28(17-25)31-5/h6-17,21-22,29H,18-20H2,1-5H3. The number of ether oxygens (including phenoxy) is 1. The van der Waals surface area contributed by atoms with E-state index in [1.165, 1.54) is 11.1 Å². The van der Waals surface area contributed by atoms with Crippen LogP contribution >= 0.6 is 0 Å². The summed E-state index contributed by atoms with van der Waals surface area (Å²) in [6.07, 6.45) is 0. The van der Waals surface area contributed by atoms with Crippen molar-refractivity contribution in [2.45, 2.75) is 34.2 Å². The third-order valence-electron chi connectivity index (χ3n) is 5.16. The molecule has 164 valence electrons. The maximum Gasteiger partial charge on any atom is 0.119 e. The summed E-state index contributed by atoms with van der Waals surface area (Å²) in [5.74, 6) is 2.21. The summed E-state index contributed by atoms with van der Waals surface area (Å²) in [4.78, 5) is 2.57. The first-order valence-corrected chi connectivity index (χ1v) is 11.3. The Hall–Kier alpha value is -2.78. The number of nitrogens with one attached hydrogen (secondary N) is 1. The maximum absolute atomic E-state index is 5.34. The largest absolute Gasteiger partial charge is 0.497 e. The SMILES string of the molecule is COc1cccc(-c2ccc(Nc3cccc(CN(CC(C)C)CC(C)C)c3)cc2)c1. The molecule has 0 saturated carbocycles. The molecule has 3 nitrogen and oxygen atoms in total.